The van der Waals surface area contributed by atoms with Crippen molar-refractivity contribution in [3.05, 3.63) is 47.5 Å². The molecule has 2 aromatic rings. The van der Waals surface area contributed by atoms with Gasteiger partial charge in [0, 0.05) is 12.7 Å². The van der Waals surface area contributed by atoms with Gasteiger partial charge in [-0.05, 0) is 24.3 Å². The lowest BCUT2D eigenvalue weighted by Gasteiger charge is -2.19. The van der Waals surface area contributed by atoms with Crippen LogP contribution in [0.2, 0.25) is 5.02 Å². The fraction of sp³-hybridized carbons (Fsp3) is 0.154. The molecule has 104 valence electrons. The quantitative estimate of drug-likeness (QED) is 0.915. The van der Waals surface area contributed by atoms with E-state index >= 15 is 0 Å². The van der Waals surface area contributed by atoms with Gasteiger partial charge in [-0.25, -0.2) is 4.98 Å². The van der Waals surface area contributed by atoms with E-state index in [2.05, 4.69) is 4.98 Å². The highest BCUT2D eigenvalue weighted by Gasteiger charge is 2.21. The summed E-state index contributed by atoms with van der Waals surface area (Å²) in [5.41, 5.74) is 0. The lowest BCUT2D eigenvalue weighted by molar-refractivity contribution is -0.136. The molecule has 0 aliphatic rings. The molecule has 0 bridgehead atoms. The van der Waals surface area contributed by atoms with Gasteiger partial charge in [0.2, 0.25) is 0 Å². The smallest absolute Gasteiger partial charge is 0.305 e. The van der Waals surface area contributed by atoms with Crippen LogP contribution in [0.4, 0.5) is 5.82 Å². The molecule has 6 nitrogen and oxygen atoms in total. The number of aliphatic carboxylic acids is 1. The highest BCUT2D eigenvalue weighted by molar-refractivity contribution is 6.30. The van der Waals surface area contributed by atoms with E-state index in [0.717, 1.165) is 0 Å². The van der Waals surface area contributed by atoms with Gasteiger partial charge in [-0.3, -0.25) is 14.5 Å². The second kappa shape index (κ2) is 6.21. The number of pyridine rings is 1. The van der Waals surface area contributed by atoms with Gasteiger partial charge in [-0.15, -0.1) is 0 Å². The normalized spacial score (nSPS) is 10.2. The molecule has 1 amide bonds. The third kappa shape index (κ3) is 3.36. The molecule has 1 N–H and O–H groups in total. The Labute approximate surface area is 119 Å². The molecule has 2 rings (SSSR count). The van der Waals surface area contributed by atoms with Crippen LogP contribution in [0.1, 0.15) is 17.0 Å². The molecule has 0 aliphatic carbocycles. The Balaban J connectivity index is 2.26. The van der Waals surface area contributed by atoms with Crippen molar-refractivity contribution in [3.63, 3.8) is 0 Å². The second-order valence-corrected chi connectivity index (χ2v) is 4.35. The molecule has 20 heavy (non-hydrogen) atoms. The summed E-state index contributed by atoms with van der Waals surface area (Å²) in [6.45, 7) is -0.0104. The molecule has 0 saturated heterocycles. The van der Waals surface area contributed by atoms with Gasteiger partial charge in [0.1, 0.15) is 5.82 Å². The monoisotopic (exact) mass is 294 g/mol. The van der Waals surface area contributed by atoms with Crippen molar-refractivity contribution >= 4 is 29.3 Å². The van der Waals surface area contributed by atoms with Crippen molar-refractivity contribution < 1.29 is 19.1 Å². The Hall–Kier alpha value is -2.34. The number of carboxylic acids is 1. The minimum absolute atomic E-state index is 0.0104. The largest absolute Gasteiger partial charge is 0.481 e. The maximum atomic E-state index is 12.3. The summed E-state index contributed by atoms with van der Waals surface area (Å²) in [4.78, 5) is 28.2. The number of anilines is 1. The number of carbonyl (C=O) groups excluding carboxylic acids is 1. The number of carbonyl (C=O) groups is 2. The van der Waals surface area contributed by atoms with E-state index in [0.29, 0.717) is 10.8 Å². The Morgan fingerprint density at radius 3 is 2.70 bits per heavy atom. The Bertz CT molecular complexity index is 595. The number of halogens is 1. The summed E-state index contributed by atoms with van der Waals surface area (Å²) >= 11 is 5.74. The zero-order valence-electron chi connectivity index (χ0n) is 10.3. The first-order chi connectivity index (χ1) is 9.58. The topological polar surface area (TPSA) is 83.6 Å². The average Bonchev–Trinajstić information content (AvgIpc) is 2.94. The maximum Gasteiger partial charge on any atom is 0.305 e. The van der Waals surface area contributed by atoms with Crippen molar-refractivity contribution in [1.82, 2.24) is 4.98 Å². The van der Waals surface area contributed by atoms with E-state index in [-0.39, 0.29) is 18.7 Å². The number of amides is 1. The number of rotatable bonds is 5. The summed E-state index contributed by atoms with van der Waals surface area (Å²) in [5, 5.41) is 9.19. The number of nitrogens with zero attached hydrogens (tertiary/aromatic N) is 2. The van der Waals surface area contributed by atoms with Crippen LogP contribution in [-0.4, -0.2) is 28.5 Å². The van der Waals surface area contributed by atoms with Gasteiger partial charge in [0.15, 0.2) is 5.76 Å². The number of furan rings is 1. The van der Waals surface area contributed by atoms with E-state index in [1.807, 2.05) is 0 Å². The molecule has 7 heteroatoms. The fourth-order valence-corrected chi connectivity index (χ4v) is 1.70. The lowest BCUT2D eigenvalue weighted by atomic mass is 10.3. The van der Waals surface area contributed by atoms with Crippen LogP contribution < -0.4 is 4.90 Å². The Morgan fingerprint density at radius 1 is 1.35 bits per heavy atom. The standard InChI is InChI=1S/C13H11ClN2O4/c14-9-3-4-11(15-8-9)16(6-5-12(17)18)13(19)10-2-1-7-20-10/h1-4,7-8H,5-6H2,(H,17,18). The molecule has 2 aromatic heterocycles. The molecule has 0 radical (unpaired) electrons. The van der Waals surface area contributed by atoms with E-state index in [1.165, 1.54) is 23.4 Å². The van der Waals surface area contributed by atoms with Crippen LogP contribution in [0, 0.1) is 0 Å². The van der Waals surface area contributed by atoms with Crippen LogP contribution in [-0.2, 0) is 4.79 Å². The molecule has 2 heterocycles. The summed E-state index contributed by atoms with van der Waals surface area (Å²) in [7, 11) is 0. The maximum absolute atomic E-state index is 12.3. The van der Waals surface area contributed by atoms with Gasteiger partial charge in [0.05, 0.1) is 17.7 Å². The zero-order valence-corrected chi connectivity index (χ0v) is 11.1. The summed E-state index contributed by atoms with van der Waals surface area (Å²) < 4.78 is 5.04. The van der Waals surface area contributed by atoms with Gasteiger partial charge in [0.25, 0.3) is 5.91 Å². The number of aromatic nitrogens is 1. The second-order valence-electron chi connectivity index (χ2n) is 3.91. The van der Waals surface area contributed by atoms with Crippen LogP contribution in [0.25, 0.3) is 0 Å². The first-order valence-electron chi connectivity index (χ1n) is 5.76. The molecule has 0 unspecified atom stereocenters. The van der Waals surface area contributed by atoms with Gasteiger partial charge < -0.3 is 9.52 Å². The predicted octanol–water partition coefficient (Wildman–Crippen LogP) is 2.45. The van der Waals surface area contributed by atoms with Gasteiger partial charge >= 0.3 is 5.97 Å². The molecular weight excluding hydrogens is 284 g/mol. The summed E-state index contributed by atoms with van der Waals surface area (Å²) in [5.74, 6) is -1.02. The van der Waals surface area contributed by atoms with Gasteiger partial charge in [-0.2, -0.15) is 0 Å². The molecule has 0 atom stereocenters. The minimum Gasteiger partial charge on any atom is -0.481 e. The van der Waals surface area contributed by atoms with Crippen LogP contribution in [0.5, 0.6) is 0 Å². The highest BCUT2D eigenvalue weighted by Crippen LogP contribution is 2.17. The number of carboxylic acid groups (broad SMARTS) is 1. The van der Waals surface area contributed by atoms with Crippen molar-refractivity contribution in [3.8, 4) is 0 Å². The summed E-state index contributed by atoms with van der Waals surface area (Å²) in [6, 6.07) is 6.21. The lowest BCUT2D eigenvalue weighted by Crippen LogP contribution is -2.33. The van der Waals surface area contributed by atoms with Crippen molar-refractivity contribution in [1.29, 1.82) is 0 Å². The number of hydrogen-bond acceptors (Lipinski definition) is 4. The summed E-state index contributed by atoms with van der Waals surface area (Å²) in [6.07, 6.45) is 2.56. The molecule has 0 fully saturated rings. The SMILES string of the molecule is O=C(O)CCN(C(=O)c1ccco1)c1ccc(Cl)cn1. The van der Waals surface area contributed by atoms with E-state index < -0.39 is 11.9 Å². The highest BCUT2D eigenvalue weighted by atomic mass is 35.5. The average molecular weight is 295 g/mol. The molecule has 0 saturated carbocycles. The molecule has 0 aromatic carbocycles. The first-order valence-corrected chi connectivity index (χ1v) is 6.14. The Kier molecular flexibility index (Phi) is 4.37. The van der Waals surface area contributed by atoms with Crippen molar-refractivity contribution in [2.24, 2.45) is 0 Å². The van der Waals surface area contributed by atoms with Crippen molar-refractivity contribution in [2.75, 3.05) is 11.4 Å². The third-order valence-corrected chi connectivity index (χ3v) is 2.74. The minimum atomic E-state index is -1.00. The van der Waals surface area contributed by atoms with Crippen LogP contribution in [0.3, 0.4) is 0 Å². The van der Waals surface area contributed by atoms with E-state index in [9.17, 15) is 9.59 Å². The van der Waals surface area contributed by atoms with Crippen LogP contribution >= 0.6 is 11.6 Å². The first kappa shape index (κ1) is 14.1. The molecule has 0 spiro atoms. The zero-order chi connectivity index (χ0) is 14.5. The van der Waals surface area contributed by atoms with E-state index in [4.69, 9.17) is 21.1 Å². The van der Waals surface area contributed by atoms with Crippen molar-refractivity contribution in [2.45, 2.75) is 6.42 Å². The number of hydrogen-bond donors (Lipinski definition) is 1. The third-order valence-electron chi connectivity index (χ3n) is 2.51. The fourth-order valence-electron chi connectivity index (χ4n) is 1.59. The van der Waals surface area contributed by atoms with Gasteiger partial charge in [-0.1, -0.05) is 11.6 Å². The molecular formula is C13H11ClN2O4. The Morgan fingerprint density at radius 2 is 2.15 bits per heavy atom. The van der Waals surface area contributed by atoms with Crippen LogP contribution in [0.15, 0.2) is 41.1 Å². The molecule has 0 aliphatic heterocycles. The predicted molar refractivity (Wildman–Crippen MR) is 71.9 cm³/mol. The van der Waals surface area contributed by atoms with E-state index in [1.54, 1.807) is 18.2 Å².